The maximum Gasteiger partial charge on any atom is 0.215 e. The number of alkyl halides is 1. The van der Waals surface area contributed by atoms with Crippen molar-refractivity contribution in [2.24, 2.45) is 5.92 Å². The second kappa shape index (κ2) is 6.31. The van der Waals surface area contributed by atoms with Gasteiger partial charge in [-0.2, -0.15) is 0 Å². The molecule has 2 aliphatic rings. The third-order valence-electron chi connectivity index (χ3n) is 4.84. The molecule has 0 aromatic rings. The van der Waals surface area contributed by atoms with Crippen LogP contribution in [0, 0.1) is 5.92 Å². The smallest absolute Gasteiger partial charge is 0.212 e. The van der Waals surface area contributed by atoms with Crippen LogP contribution in [0.4, 0.5) is 0 Å². The largest absolute Gasteiger partial charge is 0.215 e. The van der Waals surface area contributed by atoms with Gasteiger partial charge in [-0.25, -0.2) is 13.1 Å². The second-order valence-corrected chi connectivity index (χ2v) is 8.73. The minimum Gasteiger partial charge on any atom is -0.212 e. The van der Waals surface area contributed by atoms with Gasteiger partial charge in [0.25, 0.3) is 0 Å². The number of nitrogens with one attached hydrogen (secondary N) is 1. The van der Waals surface area contributed by atoms with E-state index in [0.29, 0.717) is 11.8 Å². The molecule has 0 amide bonds. The molecule has 0 aromatic carbocycles. The van der Waals surface area contributed by atoms with Crippen LogP contribution in [-0.2, 0) is 10.0 Å². The van der Waals surface area contributed by atoms with Crippen molar-refractivity contribution in [2.45, 2.75) is 75.5 Å². The van der Waals surface area contributed by atoms with Crippen LogP contribution in [0.1, 0.15) is 64.7 Å². The molecule has 0 spiro atoms. The summed E-state index contributed by atoms with van der Waals surface area (Å²) in [4.78, 5) is 0. The van der Waals surface area contributed by atoms with Crippen LogP contribution in [0.15, 0.2) is 0 Å². The lowest BCUT2D eigenvalue weighted by Crippen LogP contribution is -2.54. The Morgan fingerprint density at radius 2 is 1.68 bits per heavy atom. The van der Waals surface area contributed by atoms with Crippen LogP contribution < -0.4 is 4.72 Å². The van der Waals surface area contributed by atoms with Crippen molar-refractivity contribution >= 4 is 21.6 Å². The number of hydrogen-bond acceptors (Lipinski definition) is 2. The predicted molar refractivity (Wildman–Crippen MR) is 80.0 cm³/mol. The van der Waals surface area contributed by atoms with Crippen LogP contribution in [-0.4, -0.2) is 25.1 Å². The van der Waals surface area contributed by atoms with Crippen molar-refractivity contribution in [3.05, 3.63) is 0 Å². The van der Waals surface area contributed by atoms with Crippen molar-refractivity contribution in [1.29, 1.82) is 0 Å². The van der Waals surface area contributed by atoms with Crippen molar-refractivity contribution < 1.29 is 8.42 Å². The summed E-state index contributed by atoms with van der Waals surface area (Å²) in [6, 6.07) is 0. The molecule has 3 nitrogen and oxygen atoms in total. The van der Waals surface area contributed by atoms with Crippen LogP contribution in [0.5, 0.6) is 0 Å². The molecule has 2 aliphatic carbocycles. The molecular formula is C14H26ClNO2S. The monoisotopic (exact) mass is 307 g/mol. The summed E-state index contributed by atoms with van der Waals surface area (Å²) in [7, 11) is -3.21. The van der Waals surface area contributed by atoms with Gasteiger partial charge in [0, 0.05) is 11.4 Å². The van der Waals surface area contributed by atoms with E-state index in [-0.39, 0.29) is 10.8 Å². The van der Waals surface area contributed by atoms with Crippen molar-refractivity contribution in [3.8, 4) is 0 Å². The maximum absolute atomic E-state index is 12.5. The maximum atomic E-state index is 12.5. The lowest BCUT2D eigenvalue weighted by Gasteiger charge is -2.39. The first-order valence-corrected chi connectivity index (χ1v) is 9.64. The fourth-order valence-electron chi connectivity index (χ4n) is 3.34. The summed E-state index contributed by atoms with van der Waals surface area (Å²) in [5.74, 6) is 1.08. The fourth-order valence-corrected chi connectivity index (χ4v) is 5.75. The van der Waals surface area contributed by atoms with Gasteiger partial charge in [0.1, 0.15) is 0 Å². The van der Waals surface area contributed by atoms with Crippen molar-refractivity contribution in [3.63, 3.8) is 0 Å². The van der Waals surface area contributed by atoms with Crippen molar-refractivity contribution in [2.75, 3.05) is 5.88 Å². The average molecular weight is 308 g/mol. The van der Waals surface area contributed by atoms with E-state index in [0.717, 1.165) is 51.4 Å². The summed E-state index contributed by atoms with van der Waals surface area (Å²) in [6.07, 6.45) is 8.76. The predicted octanol–water partition coefficient (Wildman–Crippen LogP) is 3.43. The number of halogens is 1. The number of sulfonamides is 1. The zero-order valence-corrected chi connectivity index (χ0v) is 13.4. The first kappa shape index (κ1) is 15.6. The molecule has 112 valence electrons. The molecule has 0 atom stereocenters. The van der Waals surface area contributed by atoms with Gasteiger partial charge in [-0.15, -0.1) is 11.6 Å². The van der Waals surface area contributed by atoms with Gasteiger partial charge in [-0.05, 0) is 44.4 Å². The Kier molecular flexibility index (Phi) is 5.18. The van der Waals surface area contributed by atoms with Gasteiger partial charge >= 0.3 is 0 Å². The Morgan fingerprint density at radius 1 is 1.11 bits per heavy atom. The van der Waals surface area contributed by atoms with E-state index in [1.807, 2.05) is 0 Å². The zero-order chi connectivity index (χ0) is 13.9. The SMILES string of the molecule is CC1CCC(CCl)(NS(=O)(=O)C2CCCCC2)CC1. The Bertz CT molecular complexity index is 382. The molecule has 0 saturated heterocycles. The van der Waals surface area contributed by atoms with E-state index in [4.69, 9.17) is 11.6 Å². The summed E-state index contributed by atoms with van der Waals surface area (Å²) < 4.78 is 28.0. The minimum absolute atomic E-state index is 0.194. The first-order valence-electron chi connectivity index (χ1n) is 7.56. The summed E-state index contributed by atoms with van der Waals surface area (Å²) in [5.41, 5.74) is -0.385. The minimum atomic E-state index is -3.21. The van der Waals surface area contributed by atoms with E-state index < -0.39 is 10.0 Å². The van der Waals surface area contributed by atoms with E-state index in [2.05, 4.69) is 11.6 Å². The third-order valence-corrected chi connectivity index (χ3v) is 7.42. The number of rotatable bonds is 4. The third kappa shape index (κ3) is 3.85. The van der Waals surface area contributed by atoms with Crippen LogP contribution in [0.3, 0.4) is 0 Å². The Balaban J connectivity index is 2.04. The molecule has 0 bridgehead atoms. The van der Waals surface area contributed by atoms with Crippen LogP contribution >= 0.6 is 11.6 Å². The Hall–Kier alpha value is 0.200. The quantitative estimate of drug-likeness (QED) is 0.809. The molecule has 0 aromatic heterocycles. The topological polar surface area (TPSA) is 46.2 Å². The Morgan fingerprint density at radius 3 is 2.21 bits per heavy atom. The van der Waals surface area contributed by atoms with Gasteiger partial charge in [0.15, 0.2) is 0 Å². The standard InChI is InChI=1S/C14H26ClNO2S/c1-12-7-9-14(11-15,10-8-12)16-19(17,18)13-5-3-2-4-6-13/h12-13,16H,2-11H2,1H3. The fraction of sp³-hybridized carbons (Fsp3) is 1.00. The lowest BCUT2D eigenvalue weighted by molar-refractivity contribution is 0.246. The van der Waals surface area contributed by atoms with E-state index in [1.54, 1.807) is 0 Å². The van der Waals surface area contributed by atoms with Crippen LogP contribution in [0.2, 0.25) is 0 Å². The van der Waals surface area contributed by atoms with Gasteiger partial charge in [-0.1, -0.05) is 26.2 Å². The van der Waals surface area contributed by atoms with E-state index in [9.17, 15) is 8.42 Å². The van der Waals surface area contributed by atoms with E-state index in [1.165, 1.54) is 6.42 Å². The van der Waals surface area contributed by atoms with Gasteiger partial charge < -0.3 is 0 Å². The van der Waals surface area contributed by atoms with Gasteiger partial charge in [0.2, 0.25) is 10.0 Å². The molecule has 0 unspecified atom stereocenters. The highest BCUT2D eigenvalue weighted by Crippen LogP contribution is 2.34. The van der Waals surface area contributed by atoms with Crippen molar-refractivity contribution in [1.82, 2.24) is 4.72 Å². The molecule has 0 radical (unpaired) electrons. The lowest BCUT2D eigenvalue weighted by atomic mass is 9.79. The molecule has 1 N–H and O–H groups in total. The normalized spacial score (nSPS) is 34.3. The summed E-state index contributed by atoms with van der Waals surface area (Å²) in [6.45, 7) is 2.23. The zero-order valence-electron chi connectivity index (χ0n) is 11.8. The molecule has 2 fully saturated rings. The summed E-state index contributed by atoms with van der Waals surface area (Å²) >= 11 is 6.10. The van der Waals surface area contributed by atoms with Gasteiger partial charge in [0.05, 0.1) is 5.25 Å². The highest BCUT2D eigenvalue weighted by atomic mass is 35.5. The van der Waals surface area contributed by atoms with E-state index >= 15 is 0 Å². The second-order valence-electron chi connectivity index (χ2n) is 6.50. The molecule has 2 saturated carbocycles. The molecule has 5 heteroatoms. The highest BCUT2D eigenvalue weighted by Gasteiger charge is 2.39. The molecule has 0 heterocycles. The molecule has 2 rings (SSSR count). The number of hydrogen-bond donors (Lipinski definition) is 1. The van der Waals surface area contributed by atoms with Crippen LogP contribution in [0.25, 0.3) is 0 Å². The highest BCUT2D eigenvalue weighted by molar-refractivity contribution is 7.90. The molecule has 19 heavy (non-hydrogen) atoms. The van der Waals surface area contributed by atoms with Gasteiger partial charge in [-0.3, -0.25) is 0 Å². The first-order chi connectivity index (χ1) is 8.97. The molecular weight excluding hydrogens is 282 g/mol. The summed E-state index contributed by atoms with van der Waals surface area (Å²) in [5, 5.41) is -0.194. The average Bonchev–Trinajstić information content (AvgIpc) is 2.42. The molecule has 0 aliphatic heterocycles. The Labute approximate surface area is 122 Å².